The second kappa shape index (κ2) is 7.62. The largest absolute Gasteiger partial charge is 0.491 e. The van der Waals surface area contributed by atoms with E-state index >= 15 is 0 Å². The minimum Gasteiger partial charge on any atom is -0.491 e. The second-order valence-corrected chi connectivity index (χ2v) is 6.58. The highest BCUT2D eigenvalue weighted by molar-refractivity contribution is 7.10. The topological polar surface area (TPSA) is 21.3 Å². The van der Waals surface area contributed by atoms with Gasteiger partial charge in [0.05, 0.1) is 6.10 Å². The van der Waals surface area contributed by atoms with E-state index in [0.29, 0.717) is 12.1 Å². The van der Waals surface area contributed by atoms with Crippen molar-refractivity contribution in [3.8, 4) is 5.75 Å². The van der Waals surface area contributed by atoms with E-state index in [4.69, 9.17) is 4.74 Å². The van der Waals surface area contributed by atoms with Crippen LogP contribution in [-0.2, 0) is 0 Å². The SMILES string of the molecule is CCC(NC(C)c1ccc(OC(C)C)cc1)c1cccs1. The fourth-order valence-electron chi connectivity index (χ4n) is 2.40. The molecule has 114 valence electrons. The Labute approximate surface area is 132 Å². The first-order valence-corrected chi connectivity index (χ1v) is 8.54. The van der Waals surface area contributed by atoms with Crippen LogP contribution in [0.15, 0.2) is 41.8 Å². The van der Waals surface area contributed by atoms with E-state index in [1.54, 1.807) is 0 Å². The summed E-state index contributed by atoms with van der Waals surface area (Å²) in [6.45, 7) is 8.54. The minimum atomic E-state index is 0.217. The zero-order valence-corrected chi connectivity index (χ0v) is 14.1. The Morgan fingerprint density at radius 1 is 1.10 bits per heavy atom. The van der Waals surface area contributed by atoms with Crippen molar-refractivity contribution in [3.63, 3.8) is 0 Å². The fraction of sp³-hybridized carbons (Fsp3) is 0.444. The van der Waals surface area contributed by atoms with Crippen LogP contribution in [-0.4, -0.2) is 6.10 Å². The van der Waals surface area contributed by atoms with E-state index in [9.17, 15) is 0 Å². The van der Waals surface area contributed by atoms with Crippen molar-refractivity contribution in [2.75, 3.05) is 0 Å². The van der Waals surface area contributed by atoms with Gasteiger partial charge in [-0.2, -0.15) is 0 Å². The lowest BCUT2D eigenvalue weighted by Gasteiger charge is -2.22. The molecular formula is C18H25NOS. The van der Waals surface area contributed by atoms with Crippen LogP contribution in [0.5, 0.6) is 5.75 Å². The normalized spacial score (nSPS) is 14.1. The third-order valence-corrected chi connectivity index (χ3v) is 4.48. The summed E-state index contributed by atoms with van der Waals surface area (Å²) in [6, 6.07) is 13.5. The van der Waals surface area contributed by atoms with Gasteiger partial charge in [0.1, 0.15) is 5.75 Å². The van der Waals surface area contributed by atoms with Crippen molar-refractivity contribution in [2.45, 2.75) is 52.3 Å². The lowest BCUT2D eigenvalue weighted by atomic mass is 10.1. The Bertz CT molecular complexity index is 519. The van der Waals surface area contributed by atoms with Gasteiger partial charge < -0.3 is 10.1 Å². The van der Waals surface area contributed by atoms with E-state index < -0.39 is 0 Å². The molecule has 2 nitrogen and oxygen atoms in total. The van der Waals surface area contributed by atoms with Crippen molar-refractivity contribution in [3.05, 3.63) is 52.2 Å². The molecule has 0 spiro atoms. The standard InChI is InChI=1S/C18H25NOS/c1-5-17(18-7-6-12-21-18)19-14(4)15-8-10-16(11-9-15)20-13(2)3/h6-14,17,19H,5H2,1-4H3. The van der Waals surface area contributed by atoms with E-state index in [-0.39, 0.29) is 6.10 Å². The smallest absolute Gasteiger partial charge is 0.119 e. The van der Waals surface area contributed by atoms with Gasteiger partial charge in [0.25, 0.3) is 0 Å². The Hall–Kier alpha value is -1.32. The molecule has 2 unspecified atom stereocenters. The molecule has 0 fully saturated rings. The van der Waals surface area contributed by atoms with Gasteiger partial charge in [-0.1, -0.05) is 25.1 Å². The summed E-state index contributed by atoms with van der Waals surface area (Å²) in [5.74, 6) is 0.936. The number of rotatable bonds is 7. The molecule has 0 aliphatic rings. The molecule has 0 bridgehead atoms. The summed E-state index contributed by atoms with van der Waals surface area (Å²) in [4.78, 5) is 1.41. The first kappa shape index (κ1) is 16.1. The highest BCUT2D eigenvalue weighted by atomic mass is 32.1. The Kier molecular flexibility index (Phi) is 5.83. The maximum atomic E-state index is 5.69. The van der Waals surface area contributed by atoms with E-state index in [1.807, 2.05) is 25.2 Å². The van der Waals surface area contributed by atoms with Gasteiger partial charge in [-0.05, 0) is 56.3 Å². The third kappa shape index (κ3) is 4.58. The van der Waals surface area contributed by atoms with E-state index in [2.05, 4.69) is 60.9 Å². The number of nitrogens with one attached hydrogen (secondary N) is 1. The zero-order valence-electron chi connectivity index (χ0n) is 13.3. The Morgan fingerprint density at radius 3 is 2.33 bits per heavy atom. The first-order valence-electron chi connectivity index (χ1n) is 7.66. The van der Waals surface area contributed by atoms with Crippen LogP contribution in [0.1, 0.15) is 56.6 Å². The molecule has 0 aliphatic heterocycles. The minimum absolute atomic E-state index is 0.217. The van der Waals surface area contributed by atoms with Crippen LogP contribution in [0.25, 0.3) is 0 Å². The van der Waals surface area contributed by atoms with Crippen LogP contribution in [0.4, 0.5) is 0 Å². The lowest BCUT2D eigenvalue weighted by Crippen LogP contribution is -2.23. The summed E-state index contributed by atoms with van der Waals surface area (Å²) in [5.41, 5.74) is 1.29. The molecule has 2 aromatic rings. The summed E-state index contributed by atoms with van der Waals surface area (Å²) in [6.07, 6.45) is 1.31. The van der Waals surface area contributed by atoms with Gasteiger partial charge in [0.2, 0.25) is 0 Å². The maximum absolute atomic E-state index is 5.69. The molecular weight excluding hydrogens is 278 g/mol. The number of benzene rings is 1. The summed E-state index contributed by atoms with van der Waals surface area (Å²) in [5, 5.41) is 5.86. The Morgan fingerprint density at radius 2 is 1.81 bits per heavy atom. The first-order chi connectivity index (χ1) is 10.1. The van der Waals surface area contributed by atoms with Crippen molar-refractivity contribution < 1.29 is 4.74 Å². The molecule has 3 heteroatoms. The predicted octanol–water partition coefficient (Wildman–Crippen LogP) is 5.34. The van der Waals surface area contributed by atoms with Crippen molar-refractivity contribution >= 4 is 11.3 Å². The molecule has 1 aromatic carbocycles. The van der Waals surface area contributed by atoms with Gasteiger partial charge >= 0.3 is 0 Å². The highest BCUT2D eigenvalue weighted by Gasteiger charge is 2.14. The highest BCUT2D eigenvalue weighted by Crippen LogP contribution is 2.26. The van der Waals surface area contributed by atoms with Crippen molar-refractivity contribution in [2.24, 2.45) is 0 Å². The molecule has 0 amide bonds. The molecule has 0 saturated heterocycles. The summed E-state index contributed by atoms with van der Waals surface area (Å²) >= 11 is 1.82. The van der Waals surface area contributed by atoms with Gasteiger partial charge in [-0.25, -0.2) is 0 Å². The monoisotopic (exact) mass is 303 g/mol. The van der Waals surface area contributed by atoms with Crippen LogP contribution >= 0.6 is 11.3 Å². The number of thiophene rings is 1. The van der Waals surface area contributed by atoms with E-state index in [0.717, 1.165) is 12.2 Å². The second-order valence-electron chi connectivity index (χ2n) is 5.60. The van der Waals surface area contributed by atoms with Gasteiger partial charge in [-0.3, -0.25) is 0 Å². The molecule has 2 rings (SSSR count). The molecule has 1 heterocycles. The maximum Gasteiger partial charge on any atom is 0.119 e. The number of hydrogen-bond acceptors (Lipinski definition) is 3. The quantitative estimate of drug-likeness (QED) is 0.745. The third-order valence-electron chi connectivity index (χ3n) is 3.50. The molecule has 0 aliphatic carbocycles. The van der Waals surface area contributed by atoms with Crippen LogP contribution < -0.4 is 10.1 Å². The zero-order chi connectivity index (χ0) is 15.2. The summed E-state index contributed by atoms with van der Waals surface area (Å²) < 4.78 is 5.69. The lowest BCUT2D eigenvalue weighted by molar-refractivity contribution is 0.242. The van der Waals surface area contributed by atoms with Crippen LogP contribution in [0.2, 0.25) is 0 Å². The van der Waals surface area contributed by atoms with Crippen molar-refractivity contribution in [1.82, 2.24) is 5.32 Å². The molecule has 2 atom stereocenters. The van der Waals surface area contributed by atoms with Gasteiger partial charge in [0, 0.05) is 17.0 Å². The predicted molar refractivity (Wildman–Crippen MR) is 91.1 cm³/mol. The average Bonchev–Trinajstić information content (AvgIpc) is 2.98. The van der Waals surface area contributed by atoms with E-state index in [1.165, 1.54) is 10.4 Å². The van der Waals surface area contributed by atoms with Crippen LogP contribution in [0.3, 0.4) is 0 Å². The molecule has 0 saturated carbocycles. The summed E-state index contributed by atoms with van der Waals surface area (Å²) in [7, 11) is 0. The van der Waals surface area contributed by atoms with Gasteiger partial charge in [-0.15, -0.1) is 11.3 Å². The molecule has 21 heavy (non-hydrogen) atoms. The van der Waals surface area contributed by atoms with Gasteiger partial charge in [0.15, 0.2) is 0 Å². The average molecular weight is 303 g/mol. The molecule has 1 N–H and O–H groups in total. The van der Waals surface area contributed by atoms with Crippen LogP contribution in [0, 0.1) is 0 Å². The molecule has 0 radical (unpaired) electrons. The fourth-order valence-corrected chi connectivity index (χ4v) is 3.27. The molecule has 1 aromatic heterocycles. The number of hydrogen-bond donors (Lipinski definition) is 1. The Balaban J connectivity index is 2.00. The van der Waals surface area contributed by atoms with Crippen molar-refractivity contribution in [1.29, 1.82) is 0 Å². The number of ether oxygens (including phenoxy) is 1.